The third-order valence-electron chi connectivity index (χ3n) is 2.17. The molecule has 0 saturated heterocycles. The van der Waals surface area contributed by atoms with Crippen LogP contribution in [0.2, 0.25) is 0 Å². The highest BCUT2D eigenvalue weighted by atomic mass is 127. The van der Waals surface area contributed by atoms with Gasteiger partial charge in [0.05, 0.1) is 6.10 Å². The highest BCUT2D eigenvalue weighted by Crippen LogP contribution is 2.23. The van der Waals surface area contributed by atoms with Gasteiger partial charge in [-0.3, -0.25) is 0 Å². The number of methoxy groups -OCH3 is 1. The summed E-state index contributed by atoms with van der Waals surface area (Å²) >= 11 is 5.83. The third-order valence-corrected chi connectivity index (χ3v) is 3.47. The Morgan fingerprint density at radius 3 is 2.81 bits per heavy atom. The monoisotopic (exact) mass is 398 g/mol. The van der Waals surface area contributed by atoms with Crippen molar-refractivity contribution in [2.24, 2.45) is 0 Å². The lowest BCUT2D eigenvalue weighted by Gasteiger charge is -2.16. The molecule has 90 valence electrons. The maximum absolute atomic E-state index is 5.83. The number of halogens is 2. The van der Waals surface area contributed by atoms with Crippen molar-refractivity contribution in [1.29, 1.82) is 0 Å². The Hall–Kier alpha value is 0.350. The molecule has 0 spiro atoms. The Morgan fingerprint density at radius 2 is 2.19 bits per heavy atom. The molecular formula is C12H16BrIO2. The van der Waals surface area contributed by atoms with Crippen LogP contribution in [0.4, 0.5) is 0 Å². The molecule has 0 bridgehead atoms. The first-order chi connectivity index (χ1) is 7.77. The third kappa shape index (κ3) is 5.12. The normalized spacial score (nSPS) is 12.7. The fourth-order valence-electron chi connectivity index (χ4n) is 1.37. The van der Waals surface area contributed by atoms with Crippen LogP contribution < -0.4 is 0 Å². The van der Waals surface area contributed by atoms with Crippen LogP contribution in [0, 0.1) is 0 Å². The molecule has 16 heavy (non-hydrogen) atoms. The van der Waals surface area contributed by atoms with E-state index in [-0.39, 0.29) is 6.10 Å². The van der Waals surface area contributed by atoms with Gasteiger partial charge in [-0.05, 0) is 24.1 Å². The van der Waals surface area contributed by atoms with E-state index in [1.54, 1.807) is 7.11 Å². The van der Waals surface area contributed by atoms with Gasteiger partial charge >= 0.3 is 0 Å². The molecule has 0 N–H and O–H groups in total. The molecule has 1 atom stereocenters. The predicted octanol–water partition coefficient (Wildman–Crippen LogP) is 3.98. The molecule has 0 saturated carbocycles. The van der Waals surface area contributed by atoms with Crippen LogP contribution in [-0.4, -0.2) is 24.8 Å². The summed E-state index contributed by atoms with van der Waals surface area (Å²) < 4.78 is 12.9. The van der Waals surface area contributed by atoms with Crippen molar-refractivity contribution < 1.29 is 9.47 Å². The van der Waals surface area contributed by atoms with Crippen LogP contribution in [0.1, 0.15) is 18.1 Å². The summed E-state index contributed by atoms with van der Waals surface area (Å²) in [7, 11) is 1.71. The van der Waals surface area contributed by atoms with Crippen molar-refractivity contribution in [3.63, 3.8) is 0 Å². The minimum atomic E-state index is 0.176. The van der Waals surface area contributed by atoms with Crippen LogP contribution in [-0.2, 0) is 9.47 Å². The molecule has 0 heterocycles. The van der Waals surface area contributed by atoms with E-state index in [4.69, 9.17) is 9.47 Å². The molecule has 0 aliphatic heterocycles. The Bertz CT molecular complexity index is 307. The lowest BCUT2D eigenvalue weighted by Crippen LogP contribution is -2.08. The zero-order valence-corrected chi connectivity index (χ0v) is 13.0. The van der Waals surface area contributed by atoms with Crippen LogP contribution in [0.3, 0.4) is 0 Å². The van der Waals surface area contributed by atoms with Crippen LogP contribution >= 0.6 is 38.5 Å². The lowest BCUT2D eigenvalue weighted by atomic mass is 10.1. The van der Waals surface area contributed by atoms with Gasteiger partial charge in [0.15, 0.2) is 0 Å². The molecule has 0 aliphatic carbocycles. The quantitative estimate of drug-likeness (QED) is 0.393. The summed E-state index contributed by atoms with van der Waals surface area (Å²) in [6, 6.07) is 8.28. The molecule has 1 aromatic rings. The molecule has 0 aliphatic rings. The predicted molar refractivity (Wildman–Crippen MR) is 78.2 cm³/mol. The first kappa shape index (κ1) is 14.4. The molecule has 1 aromatic carbocycles. The molecule has 4 heteroatoms. The Balaban J connectivity index is 2.47. The van der Waals surface area contributed by atoms with Crippen LogP contribution in [0.15, 0.2) is 28.7 Å². The van der Waals surface area contributed by atoms with E-state index in [2.05, 4.69) is 50.7 Å². The summed E-state index contributed by atoms with van der Waals surface area (Å²) in [5.74, 6) is 0. The van der Waals surface area contributed by atoms with E-state index < -0.39 is 0 Å². The van der Waals surface area contributed by atoms with E-state index in [1.165, 1.54) is 5.56 Å². The number of hydrogen-bond acceptors (Lipinski definition) is 2. The topological polar surface area (TPSA) is 18.5 Å². The molecular weight excluding hydrogens is 383 g/mol. The number of benzene rings is 1. The molecule has 0 fully saturated rings. The minimum absolute atomic E-state index is 0.176. The number of alkyl halides is 1. The van der Waals surface area contributed by atoms with Gasteiger partial charge in [0.2, 0.25) is 0 Å². The van der Waals surface area contributed by atoms with Crippen molar-refractivity contribution in [2.45, 2.75) is 12.5 Å². The summed E-state index contributed by atoms with van der Waals surface area (Å²) in [4.78, 5) is 0. The zero-order valence-electron chi connectivity index (χ0n) is 9.29. The minimum Gasteiger partial charge on any atom is -0.385 e. The number of hydrogen-bond donors (Lipinski definition) is 0. The second kappa shape index (κ2) is 8.44. The van der Waals surface area contributed by atoms with Crippen molar-refractivity contribution in [3.8, 4) is 0 Å². The summed E-state index contributed by atoms with van der Waals surface area (Å²) in [6.07, 6.45) is 1.12. The van der Waals surface area contributed by atoms with E-state index in [0.29, 0.717) is 0 Å². The highest BCUT2D eigenvalue weighted by Gasteiger charge is 2.10. The van der Waals surface area contributed by atoms with E-state index in [1.807, 2.05) is 12.1 Å². The lowest BCUT2D eigenvalue weighted by molar-refractivity contribution is 0.0542. The first-order valence-electron chi connectivity index (χ1n) is 5.20. The van der Waals surface area contributed by atoms with E-state index in [0.717, 1.165) is 28.5 Å². The maximum atomic E-state index is 5.83. The van der Waals surface area contributed by atoms with Gasteiger partial charge in [-0.2, -0.15) is 0 Å². The average molecular weight is 399 g/mol. The fourth-order valence-corrected chi connectivity index (χ4v) is 2.55. The second-order valence-corrected chi connectivity index (χ2v) is 5.21. The summed E-state index contributed by atoms with van der Waals surface area (Å²) in [6.45, 7) is 1.50. The molecule has 0 amide bonds. The molecule has 0 radical (unpaired) electrons. The number of rotatable bonds is 7. The molecule has 0 aromatic heterocycles. The average Bonchev–Trinajstić information content (AvgIpc) is 2.29. The number of ether oxygens (including phenoxy) is 2. The van der Waals surface area contributed by atoms with Crippen LogP contribution in [0.5, 0.6) is 0 Å². The standard InChI is InChI=1S/C12H16BrIO2/c1-15-6-3-7-16-12(9-14)10-4-2-5-11(13)8-10/h2,4-5,8,12H,3,6-7,9H2,1H3. The van der Waals surface area contributed by atoms with E-state index in [9.17, 15) is 0 Å². The van der Waals surface area contributed by atoms with Gasteiger partial charge in [0, 0.05) is 29.2 Å². The van der Waals surface area contributed by atoms with Crippen molar-refractivity contribution >= 4 is 38.5 Å². The zero-order chi connectivity index (χ0) is 11.8. The van der Waals surface area contributed by atoms with Gasteiger partial charge in [-0.1, -0.05) is 50.7 Å². The Morgan fingerprint density at radius 1 is 1.38 bits per heavy atom. The summed E-state index contributed by atoms with van der Waals surface area (Å²) in [5, 5.41) is 0. The maximum Gasteiger partial charge on any atom is 0.0914 e. The van der Waals surface area contributed by atoms with Gasteiger partial charge in [0.1, 0.15) is 0 Å². The van der Waals surface area contributed by atoms with Crippen LogP contribution in [0.25, 0.3) is 0 Å². The summed E-state index contributed by atoms with van der Waals surface area (Å²) in [5.41, 5.74) is 1.22. The van der Waals surface area contributed by atoms with Crippen molar-refractivity contribution in [2.75, 3.05) is 24.8 Å². The van der Waals surface area contributed by atoms with Crippen molar-refractivity contribution in [3.05, 3.63) is 34.3 Å². The smallest absolute Gasteiger partial charge is 0.0914 e. The van der Waals surface area contributed by atoms with Gasteiger partial charge in [0.25, 0.3) is 0 Å². The van der Waals surface area contributed by atoms with Gasteiger partial charge in [-0.15, -0.1) is 0 Å². The Kier molecular flexibility index (Phi) is 7.60. The molecule has 2 nitrogen and oxygen atoms in total. The van der Waals surface area contributed by atoms with Crippen molar-refractivity contribution in [1.82, 2.24) is 0 Å². The van der Waals surface area contributed by atoms with E-state index >= 15 is 0 Å². The highest BCUT2D eigenvalue weighted by molar-refractivity contribution is 14.1. The first-order valence-corrected chi connectivity index (χ1v) is 7.51. The SMILES string of the molecule is COCCCOC(CI)c1cccc(Br)c1. The largest absolute Gasteiger partial charge is 0.385 e. The fraction of sp³-hybridized carbons (Fsp3) is 0.500. The van der Waals surface area contributed by atoms with Gasteiger partial charge < -0.3 is 9.47 Å². The molecule has 1 rings (SSSR count). The Labute approximate surface area is 119 Å². The molecule has 1 unspecified atom stereocenters. The second-order valence-electron chi connectivity index (χ2n) is 3.42. The van der Waals surface area contributed by atoms with Gasteiger partial charge in [-0.25, -0.2) is 0 Å².